The van der Waals surface area contributed by atoms with Crippen LogP contribution in [-0.4, -0.2) is 67.8 Å². The molecule has 0 aromatic heterocycles. The maximum Gasteiger partial charge on any atom is 0.191 e. The van der Waals surface area contributed by atoms with E-state index in [4.69, 9.17) is 4.74 Å². The highest BCUT2D eigenvalue weighted by molar-refractivity contribution is 7.99. The van der Waals surface area contributed by atoms with Crippen LogP contribution in [0.5, 0.6) is 0 Å². The third-order valence-electron chi connectivity index (χ3n) is 4.92. The molecule has 2 fully saturated rings. The zero-order valence-corrected chi connectivity index (χ0v) is 15.6. The van der Waals surface area contributed by atoms with E-state index in [9.17, 15) is 4.39 Å². The van der Waals surface area contributed by atoms with Crippen molar-refractivity contribution in [1.29, 1.82) is 0 Å². The molecule has 2 heterocycles. The van der Waals surface area contributed by atoms with Crippen molar-refractivity contribution in [3.05, 3.63) is 35.6 Å². The first-order chi connectivity index (χ1) is 12.2. The van der Waals surface area contributed by atoms with Crippen LogP contribution in [0, 0.1) is 5.82 Å². The maximum atomic E-state index is 13.3. The summed E-state index contributed by atoms with van der Waals surface area (Å²) < 4.78 is 18.8. The van der Waals surface area contributed by atoms with Crippen molar-refractivity contribution >= 4 is 17.7 Å². The Labute approximate surface area is 153 Å². The molecule has 0 amide bonds. The number of aliphatic imine (C=N–C) groups is 1. The molecule has 2 saturated heterocycles. The molecule has 1 unspecified atom stereocenters. The fraction of sp³-hybridized carbons (Fsp3) is 0.611. The molecule has 0 spiro atoms. The summed E-state index contributed by atoms with van der Waals surface area (Å²) in [4.78, 5) is 6.89. The van der Waals surface area contributed by atoms with Gasteiger partial charge in [-0.2, -0.15) is 11.8 Å². The summed E-state index contributed by atoms with van der Waals surface area (Å²) in [6.07, 6.45) is 1.19. The van der Waals surface area contributed by atoms with Gasteiger partial charge in [-0.3, -0.25) is 9.89 Å². The highest BCUT2D eigenvalue weighted by atomic mass is 32.2. The van der Waals surface area contributed by atoms with Gasteiger partial charge < -0.3 is 15.4 Å². The molecule has 0 aliphatic carbocycles. The number of ether oxygens (including phenoxy) is 1. The molecule has 25 heavy (non-hydrogen) atoms. The van der Waals surface area contributed by atoms with Crippen molar-refractivity contribution in [3.8, 4) is 0 Å². The van der Waals surface area contributed by atoms with E-state index < -0.39 is 0 Å². The van der Waals surface area contributed by atoms with Gasteiger partial charge in [0.05, 0.1) is 13.2 Å². The minimum Gasteiger partial charge on any atom is -0.379 e. The molecule has 0 radical (unpaired) electrons. The van der Waals surface area contributed by atoms with Crippen LogP contribution >= 0.6 is 11.8 Å². The van der Waals surface area contributed by atoms with Gasteiger partial charge in [-0.05, 0) is 29.9 Å². The van der Waals surface area contributed by atoms with Crippen molar-refractivity contribution in [2.24, 2.45) is 4.99 Å². The van der Waals surface area contributed by atoms with Gasteiger partial charge in [0.1, 0.15) is 5.82 Å². The first-order valence-electron chi connectivity index (χ1n) is 8.81. The molecule has 2 aliphatic rings. The van der Waals surface area contributed by atoms with E-state index in [1.165, 1.54) is 18.2 Å². The van der Waals surface area contributed by atoms with Gasteiger partial charge in [0.2, 0.25) is 0 Å². The normalized spacial score (nSPS) is 25.1. The lowest BCUT2D eigenvalue weighted by Gasteiger charge is -2.43. The van der Waals surface area contributed by atoms with Gasteiger partial charge >= 0.3 is 0 Å². The van der Waals surface area contributed by atoms with Crippen LogP contribution in [-0.2, 0) is 11.3 Å². The predicted molar refractivity (Wildman–Crippen MR) is 102 cm³/mol. The number of nitrogens with one attached hydrogen (secondary N) is 2. The Morgan fingerprint density at radius 2 is 2.20 bits per heavy atom. The summed E-state index contributed by atoms with van der Waals surface area (Å²) in [7, 11) is 1.77. The SMILES string of the molecule is CN=C(NCc1cccc(F)c1)NCC1(N2CCOCC2)CCSC1. The number of rotatable bonds is 5. The van der Waals surface area contributed by atoms with E-state index in [0.717, 1.165) is 50.1 Å². The van der Waals surface area contributed by atoms with Gasteiger partial charge in [-0.25, -0.2) is 4.39 Å². The van der Waals surface area contributed by atoms with Crippen molar-refractivity contribution < 1.29 is 9.13 Å². The minimum atomic E-state index is -0.212. The van der Waals surface area contributed by atoms with Gasteiger partial charge in [0, 0.05) is 44.5 Å². The van der Waals surface area contributed by atoms with Gasteiger partial charge in [-0.1, -0.05) is 12.1 Å². The lowest BCUT2D eigenvalue weighted by molar-refractivity contribution is -0.0120. The Morgan fingerprint density at radius 1 is 1.36 bits per heavy atom. The molecular formula is C18H27FN4OS. The lowest BCUT2D eigenvalue weighted by Crippen LogP contribution is -2.60. The standard InChI is InChI=1S/C18H27FN4OS/c1-20-17(21-12-15-3-2-4-16(19)11-15)22-13-18(5-10-25-14-18)23-6-8-24-9-7-23/h2-4,11H,5-10,12-14H2,1H3,(H2,20,21,22). The number of hydrogen-bond acceptors (Lipinski definition) is 4. The summed E-state index contributed by atoms with van der Waals surface area (Å²) in [5.74, 6) is 2.89. The van der Waals surface area contributed by atoms with Gasteiger partial charge in [-0.15, -0.1) is 0 Å². The second-order valence-electron chi connectivity index (χ2n) is 6.54. The van der Waals surface area contributed by atoms with Crippen LogP contribution in [0.3, 0.4) is 0 Å². The molecular weight excluding hydrogens is 339 g/mol. The molecule has 138 valence electrons. The zero-order chi connectivity index (χ0) is 17.5. The van der Waals surface area contributed by atoms with E-state index >= 15 is 0 Å². The molecule has 3 rings (SSSR count). The maximum absolute atomic E-state index is 13.3. The molecule has 5 nitrogen and oxygen atoms in total. The summed E-state index contributed by atoms with van der Waals surface area (Å²) in [6.45, 7) is 5.05. The van der Waals surface area contributed by atoms with Crippen LogP contribution in [0.1, 0.15) is 12.0 Å². The topological polar surface area (TPSA) is 48.9 Å². The van der Waals surface area contributed by atoms with Crippen molar-refractivity contribution in [2.45, 2.75) is 18.5 Å². The minimum absolute atomic E-state index is 0.172. The van der Waals surface area contributed by atoms with Crippen LogP contribution in [0.4, 0.5) is 4.39 Å². The second kappa shape index (κ2) is 8.87. The average molecular weight is 367 g/mol. The number of nitrogens with zero attached hydrogens (tertiary/aromatic N) is 2. The number of morpholine rings is 1. The molecule has 7 heteroatoms. The highest BCUT2D eigenvalue weighted by Crippen LogP contribution is 2.33. The van der Waals surface area contributed by atoms with Crippen LogP contribution in [0.2, 0.25) is 0 Å². The lowest BCUT2D eigenvalue weighted by atomic mass is 9.95. The van der Waals surface area contributed by atoms with E-state index in [-0.39, 0.29) is 11.4 Å². The Morgan fingerprint density at radius 3 is 2.88 bits per heavy atom. The summed E-state index contributed by atoms with van der Waals surface area (Å²) in [5.41, 5.74) is 1.08. The molecule has 1 atom stereocenters. The molecule has 2 aliphatic heterocycles. The number of benzene rings is 1. The number of hydrogen-bond donors (Lipinski definition) is 2. The predicted octanol–water partition coefficient (Wildman–Crippen LogP) is 1.70. The van der Waals surface area contributed by atoms with Crippen molar-refractivity contribution in [3.63, 3.8) is 0 Å². The molecule has 1 aromatic carbocycles. The van der Waals surface area contributed by atoms with Gasteiger partial charge in [0.15, 0.2) is 5.96 Å². The zero-order valence-electron chi connectivity index (χ0n) is 14.8. The third kappa shape index (κ3) is 4.86. The average Bonchev–Trinajstić information content (AvgIpc) is 3.13. The smallest absolute Gasteiger partial charge is 0.191 e. The number of halogens is 1. The fourth-order valence-corrected chi connectivity index (χ4v) is 4.91. The van der Waals surface area contributed by atoms with Crippen molar-refractivity contribution in [2.75, 3.05) is 51.4 Å². The van der Waals surface area contributed by atoms with E-state index in [2.05, 4.69) is 20.5 Å². The summed E-state index contributed by atoms with van der Waals surface area (Å²) in [5, 5.41) is 6.76. The molecule has 1 aromatic rings. The third-order valence-corrected chi connectivity index (χ3v) is 6.16. The second-order valence-corrected chi connectivity index (χ2v) is 7.64. The first kappa shape index (κ1) is 18.5. The number of guanidine groups is 1. The number of thioether (sulfide) groups is 1. The van der Waals surface area contributed by atoms with Crippen molar-refractivity contribution in [1.82, 2.24) is 15.5 Å². The summed E-state index contributed by atoms with van der Waals surface area (Å²) in [6, 6.07) is 6.64. The van der Waals surface area contributed by atoms with Gasteiger partial charge in [0.25, 0.3) is 0 Å². The monoisotopic (exact) mass is 366 g/mol. The largest absolute Gasteiger partial charge is 0.379 e. The molecule has 0 bridgehead atoms. The Hall–Kier alpha value is -1.31. The van der Waals surface area contributed by atoms with E-state index in [1.54, 1.807) is 19.2 Å². The Balaban J connectivity index is 1.55. The van der Waals surface area contributed by atoms with Crippen LogP contribution in [0.15, 0.2) is 29.3 Å². The van der Waals surface area contributed by atoms with Crippen LogP contribution in [0.25, 0.3) is 0 Å². The quantitative estimate of drug-likeness (QED) is 0.614. The summed E-state index contributed by atoms with van der Waals surface area (Å²) >= 11 is 2.02. The van der Waals surface area contributed by atoms with Crippen LogP contribution < -0.4 is 10.6 Å². The fourth-order valence-electron chi connectivity index (χ4n) is 3.44. The molecule has 2 N–H and O–H groups in total. The Bertz CT molecular complexity index is 586. The van der Waals surface area contributed by atoms with E-state index in [0.29, 0.717) is 6.54 Å². The highest BCUT2D eigenvalue weighted by Gasteiger charge is 2.40. The van der Waals surface area contributed by atoms with E-state index in [1.807, 2.05) is 17.8 Å². The first-order valence-corrected chi connectivity index (χ1v) is 9.97. The molecule has 0 saturated carbocycles. The Kier molecular flexibility index (Phi) is 6.56.